The van der Waals surface area contributed by atoms with Crippen molar-refractivity contribution >= 4 is 23.3 Å². The van der Waals surface area contributed by atoms with Gasteiger partial charge in [0.25, 0.3) is 5.56 Å². The number of aliphatic carboxylic acids is 1. The Labute approximate surface area is 150 Å². The molecule has 2 aromatic heterocycles. The molecule has 0 amide bonds. The molecule has 1 N–H and O–H groups in total. The van der Waals surface area contributed by atoms with Gasteiger partial charge in [-0.3, -0.25) is 9.59 Å². The number of hydrogen-bond donors (Lipinski definition) is 1. The molecule has 0 bridgehead atoms. The van der Waals surface area contributed by atoms with E-state index >= 15 is 0 Å². The number of alkyl halides is 3. The number of anilines is 1. The van der Waals surface area contributed by atoms with Crippen molar-refractivity contribution in [1.29, 1.82) is 0 Å². The molecule has 0 aliphatic heterocycles. The number of carboxylic acid groups (broad SMARTS) is 1. The fourth-order valence-corrected chi connectivity index (χ4v) is 2.45. The van der Waals surface area contributed by atoms with Crippen molar-refractivity contribution < 1.29 is 23.1 Å². The van der Waals surface area contributed by atoms with Gasteiger partial charge in [-0.15, -0.1) is 0 Å². The second-order valence-corrected chi connectivity index (χ2v) is 5.66. The van der Waals surface area contributed by atoms with Gasteiger partial charge in [0, 0.05) is 12.7 Å². The van der Waals surface area contributed by atoms with Crippen molar-refractivity contribution in [1.82, 2.24) is 14.8 Å². The highest BCUT2D eigenvalue weighted by atomic mass is 35.5. The Morgan fingerprint density at radius 2 is 2.04 bits per heavy atom. The zero-order valence-corrected chi connectivity index (χ0v) is 14.3. The van der Waals surface area contributed by atoms with E-state index in [1.807, 2.05) is 6.92 Å². The van der Waals surface area contributed by atoms with E-state index in [2.05, 4.69) is 10.1 Å². The van der Waals surface area contributed by atoms with Gasteiger partial charge in [0.2, 0.25) is 0 Å². The monoisotopic (exact) mass is 390 g/mol. The maximum Gasteiger partial charge on any atom is 0.417 e. The van der Waals surface area contributed by atoms with E-state index in [1.165, 1.54) is 11.1 Å². The van der Waals surface area contributed by atoms with Crippen LogP contribution in [0, 0.1) is 0 Å². The van der Waals surface area contributed by atoms with Crippen LogP contribution in [0.2, 0.25) is 5.02 Å². The van der Waals surface area contributed by atoms with Gasteiger partial charge in [-0.25, -0.2) is 4.98 Å². The second kappa shape index (κ2) is 7.73. The summed E-state index contributed by atoms with van der Waals surface area (Å²) in [4.78, 5) is 28.3. The standard InChI is InChI=1S/C15H14ClF3N4O3/c1-2-5-22(8-12(24)25)10-7-21-23(14(26)13(10)16)11-4-3-9(6-20-11)15(17,18)19/h3-4,6-7H,2,5,8H2,1H3,(H,24,25). The molecule has 2 rings (SSSR count). The van der Waals surface area contributed by atoms with Crippen molar-refractivity contribution in [3.63, 3.8) is 0 Å². The third-order valence-corrected chi connectivity index (χ3v) is 3.71. The van der Waals surface area contributed by atoms with Crippen LogP contribution >= 0.6 is 11.6 Å². The summed E-state index contributed by atoms with van der Waals surface area (Å²) in [5.41, 5.74) is -1.65. The molecule has 2 heterocycles. The maximum absolute atomic E-state index is 12.6. The zero-order valence-electron chi connectivity index (χ0n) is 13.5. The van der Waals surface area contributed by atoms with Crippen LogP contribution in [0.25, 0.3) is 5.82 Å². The summed E-state index contributed by atoms with van der Waals surface area (Å²) in [6.45, 7) is 1.77. The van der Waals surface area contributed by atoms with Crippen LogP contribution in [0.4, 0.5) is 18.9 Å². The van der Waals surface area contributed by atoms with Crippen LogP contribution in [0.3, 0.4) is 0 Å². The van der Waals surface area contributed by atoms with Crippen LogP contribution in [-0.4, -0.2) is 38.9 Å². The van der Waals surface area contributed by atoms with E-state index in [0.717, 1.165) is 16.8 Å². The van der Waals surface area contributed by atoms with Gasteiger partial charge in [0.05, 0.1) is 17.4 Å². The lowest BCUT2D eigenvalue weighted by Gasteiger charge is -2.22. The minimum atomic E-state index is -4.55. The first-order valence-corrected chi connectivity index (χ1v) is 7.81. The van der Waals surface area contributed by atoms with Gasteiger partial charge < -0.3 is 10.0 Å². The molecule has 0 fully saturated rings. The number of hydrogen-bond acceptors (Lipinski definition) is 5. The number of pyridine rings is 1. The van der Waals surface area contributed by atoms with Crippen molar-refractivity contribution in [2.24, 2.45) is 0 Å². The fourth-order valence-electron chi connectivity index (χ4n) is 2.20. The van der Waals surface area contributed by atoms with E-state index in [1.54, 1.807) is 0 Å². The molecule has 11 heteroatoms. The number of rotatable bonds is 6. The molecule has 0 aliphatic rings. The topological polar surface area (TPSA) is 88.3 Å². The van der Waals surface area contributed by atoms with Crippen molar-refractivity contribution in [3.05, 3.63) is 45.5 Å². The maximum atomic E-state index is 12.6. The summed E-state index contributed by atoms with van der Waals surface area (Å²) >= 11 is 6.05. The Balaban J connectivity index is 2.43. The number of halogens is 4. The Kier molecular flexibility index (Phi) is 5.86. The minimum Gasteiger partial charge on any atom is -0.480 e. The van der Waals surface area contributed by atoms with Crippen molar-refractivity contribution in [3.8, 4) is 5.82 Å². The van der Waals surface area contributed by atoms with Gasteiger partial charge in [-0.05, 0) is 18.6 Å². The van der Waals surface area contributed by atoms with E-state index in [4.69, 9.17) is 16.7 Å². The van der Waals surface area contributed by atoms with E-state index < -0.39 is 23.3 Å². The van der Waals surface area contributed by atoms with E-state index in [9.17, 15) is 22.8 Å². The fraction of sp³-hybridized carbons (Fsp3) is 0.333. The van der Waals surface area contributed by atoms with Crippen LogP contribution in [0.15, 0.2) is 29.3 Å². The minimum absolute atomic E-state index is 0.129. The highest BCUT2D eigenvalue weighted by molar-refractivity contribution is 6.33. The third kappa shape index (κ3) is 4.31. The van der Waals surface area contributed by atoms with E-state index in [-0.39, 0.29) is 23.1 Å². The average Bonchev–Trinajstić information content (AvgIpc) is 2.56. The summed E-state index contributed by atoms with van der Waals surface area (Å²) in [5, 5.41) is 12.5. The molecule has 0 aliphatic carbocycles. The predicted octanol–water partition coefficient (Wildman–Crippen LogP) is 2.60. The molecule has 0 aromatic carbocycles. The van der Waals surface area contributed by atoms with Crippen LogP contribution < -0.4 is 10.5 Å². The summed E-state index contributed by atoms with van der Waals surface area (Å²) in [6, 6.07) is 1.76. The van der Waals surface area contributed by atoms with Crippen molar-refractivity contribution in [2.75, 3.05) is 18.0 Å². The Morgan fingerprint density at radius 3 is 2.54 bits per heavy atom. The zero-order chi connectivity index (χ0) is 19.5. The summed E-state index contributed by atoms with van der Waals surface area (Å²) in [6.07, 6.45) is -2.18. The molecule has 140 valence electrons. The second-order valence-electron chi connectivity index (χ2n) is 5.28. The lowest BCUT2D eigenvalue weighted by molar-refractivity contribution is -0.138. The Hall–Kier alpha value is -2.62. The molecule has 0 saturated heterocycles. The highest BCUT2D eigenvalue weighted by Crippen LogP contribution is 2.28. The smallest absolute Gasteiger partial charge is 0.417 e. The van der Waals surface area contributed by atoms with Crippen LogP contribution in [0.5, 0.6) is 0 Å². The molecule has 0 saturated carbocycles. The molecule has 0 radical (unpaired) electrons. The first-order chi connectivity index (χ1) is 12.1. The van der Waals surface area contributed by atoms with Crippen LogP contribution in [0.1, 0.15) is 18.9 Å². The molecular weight excluding hydrogens is 377 g/mol. The van der Waals surface area contributed by atoms with Gasteiger partial charge in [-0.2, -0.15) is 23.0 Å². The summed E-state index contributed by atoms with van der Waals surface area (Å²) in [7, 11) is 0. The Bertz CT molecular complexity index is 853. The quantitative estimate of drug-likeness (QED) is 0.815. The number of nitrogens with zero attached hydrogens (tertiary/aromatic N) is 4. The van der Waals surface area contributed by atoms with Gasteiger partial charge in [-0.1, -0.05) is 18.5 Å². The van der Waals surface area contributed by atoms with Gasteiger partial charge in [0.1, 0.15) is 11.6 Å². The molecule has 0 unspecified atom stereocenters. The SMILES string of the molecule is CCCN(CC(=O)O)c1cnn(-c2ccc(C(F)(F)F)cn2)c(=O)c1Cl. The molecule has 0 atom stereocenters. The molecule has 7 nitrogen and oxygen atoms in total. The molecular formula is C15H14ClF3N4O3. The summed E-state index contributed by atoms with van der Waals surface area (Å²) in [5.74, 6) is -1.25. The average molecular weight is 391 g/mol. The molecule has 26 heavy (non-hydrogen) atoms. The lowest BCUT2D eigenvalue weighted by atomic mass is 10.3. The first kappa shape index (κ1) is 19.7. The number of aromatic nitrogens is 3. The first-order valence-electron chi connectivity index (χ1n) is 7.43. The van der Waals surface area contributed by atoms with Gasteiger partial charge in [0.15, 0.2) is 5.82 Å². The Morgan fingerprint density at radius 1 is 1.35 bits per heavy atom. The molecule has 2 aromatic rings. The summed E-state index contributed by atoms with van der Waals surface area (Å²) < 4.78 is 38.5. The lowest BCUT2D eigenvalue weighted by Crippen LogP contribution is -2.33. The van der Waals surface area contributed by atoms with Crippen molar-refractivity contribution in [2.45, 2.75) is 19.5 Å². The van der Waals surface area contributed by atoms with Gasteiger partial charge >= 0.3 is 12.1 Å². The third-order valence-electron chi connectivity index (χ3n) is 3.35. The van der Waals surface area contributed by atoms with E-state index in [0.29, 0.717) is 19.2 Å². The van der Waals surface area contributed by atoms with Crippen LogP contribution in [-0.2, 0) is 11.0 Å². The number of carboxylic acids is 1. The number of carbonyl (C=O) groups is 1. The largest absolute Gasteiger partial charge is 0.480 e. The highest BCUT2D eigenvalue weighted by Gasteiger charge is 2.30. The molecule has 0 spiro atoms. The normalized spacial score (nSPS) is 11.4. The predicted molar refractivity (Wildman–Crippen MR) is 87.8 cm³/mol.